The van der Waals surface area contributed by atoms with Gasteiger partial charge in [-0.15, -0.1) is 0 Å². The zero-order valence-corrected chi connectivity index (χ0v) is 12.8. The van der Waals surface area contributed by atoms with E-state index in [9.17, 15) is 0 Å². The molecule has 0 rings (SSSR count). The maximum Gasteiger partial charge on any atom is 2.00 e. The van der Waals surface area contributed by atoms with Gasteiger partial charge in [-0.3, -0.25) is 0 Å². The smallest absolute Gasteiger partial charge is 0.310 e. The molecule has 0 spiro atoms. The maximum absolute atomic E-state index is 8.46. The molecule has 0 aromatic carbocycles. The van der Waals surface area contributed by atoms with E-state index in [1.165, 1.54) is 0 Å². The van der Waals surface area contributed by atoms with Gasteiger partial charge in [0, 0.05) is 0 Å². The normalized spacial score (nSPS) is 5.73. The molecule has 0 aliphatic carbocycles. The summed E-state index contributed by atoms with van der Waals surface area (Å²) in [6.07, 6.45) is 0. The second-order valence-electron chi connectivity index (χ2n) is 0.245. The Balaban J connectivity index is -0.0000000150. The van der Waals surface area contributed by atoms with Gasteiger partial charge < -0.3 is 14.7 Å². The predicted molar refractivity (Wildman–Crippen MR) is 35.2 cm³/mol. The summed E-state index contributed by atoms with van der Waals surface area (Å²) in [6, 6.07) is 0. The van der Waals surface area contributed by atoms with Crippen LogP contribution in [0.15, 0.2) is 0 Å². The van der Waals surface area contributed by atoms with Crippen molar-refractivity contribution >= 4 is 49.1 Å². The molecule has 0 aromatic rings. The quantitative estimate of drug-likeness (QED) is 0.318. The van der Waals surface area contributed by atoms with Crippen LogP contribution in [0.25, 0.3) is 0 Å². The Morgan fingerprint density at radius 1 is 0.727 bits per heavy atom. The van der Waals surface area contributed by atoms with Crippen LogP contribution in [0.4, 0.5) is 0 Å². The van der Waals surface area contributed by atoms with Crippen LogP contribution >= 0.6 is 26.1 Å². The van der Waals surface area contributed by atoms with Crippen LogP contribution in [0.2, 0.25) is 0 Å². The van der Waals surface area contributed by atoms with E-state index in [-0.39, 0.29) is 74.4 Å². The van der Waals surface area contributed by atoms with E-state index in [1.54, 1.807) is 0 Å². The predicted octanol–water partition coefficient (Wildman–Crippen LogP) is -2.82. The van der Waals surface area contributed by atoms with E-state index < -0.39 is 26.1 Å². The van der Waals surface area contributed by atoms with Gasteiger partial charge in [0.15, 0.2) is 0 Å². The molecule has 11 heteroatoms. The summed E-state index contributed by atoms with van der Waals surface area (Å²) in [7, 11) is -2.50. The summed E-state index contributed by atoms with van der Waals surface area (Å²) in [6.45, 7) is 0. The zero-order chi connectivity index (χ0) is 8.12. The van der Waals surface area contributed by atoms with E-state index in [4.69, 9.17) is 28.4 Å². The van der Waals surface area contributed by atoms with Gasteiger partial charge in [0.1, 0.15) is 0 Å². The third-order valence-electron chi connectivity index (χ3n) is 0. The molecule has 0 atom stereocenters. The van der Waals surface area contributed by atoms with Crippen molar-refractivity contribution in [3.05, 3.63) is 0 Å². The van der Waals surface area contributed by atoms with Crippen LogP contribution in [-0.4, -0.2) is 37.7 Å². The molecular weight excluding hydrogens is 252 g/mol. The van der Waals surface area contributed by atoms with Crippen LogP contribution in [0.5, 0.6) is 0 Å². The molecule has 6 nitrogen and oxygen atoms in total. The summed E-state index contributed by atoms with van der Waals surface area (Å²) in [5.74, 6) is 0. The summed E-state index contributed by atoms with van der Waals surface area (Å²) in [5, 5.41) is 0. The Morgan fingerprint density at radius 3 is 0.727 bits per heavy atom. The molecule has 0 unspecified atom stereocenters. The molecule has 0 saturated carbocycles. The molecular formula is H3KMgO6P3+3. The standard InChI is InChI=1S/K.Mg.3HO2P/c;;3*1-3-2/h;;3*(H,1,2)/q+1;+2;;;. The van der Waals surface area contributed by atoms with Gasteiger partial charge in [-0.2, -0.15) is 0 Å². The first-order valence-electron chi connectivity index (χ1n) is 1.15. The van der Waals surface area contributed by atoms with Crippen LogP contribution in [0.1, 0.15) is 0 Å². The molecule has 0 bridgehead atoms. The molecule has 0 aliphatic rings. The van der Waals surface area contributed by atoms with Crippen LogP contribution in [-0.2, 0) is 13.7 Å². The summed E-state index contributed by atoms with van der Waals surface area (Å²) in [4.78, 5) is 21.0. The molecule has 0 radical (unpaired) electrons. The molecule has 0 saturated heterocycles. The Hall–Kier alpha value is 2.58. The Bertz CT molecular complexity index is 54.6. The molecule has 0 heterocycles. The van der Waals surface area contributed by atoms with Crippen molar-refractivity contribution in [2.75, 3.05) is 0 Å². The Morgan fingerprint density at radius 2 is 0.727 bits per heavy atom. The third kappa shape index (κ3) is 211. The first-order chi connectivity index (χ1) is 4.24. The van der Waals surface area contributed by atoms with Gasteiger partial charge in [0.25, 0.3) is 0 Å². The third-order valence-corrected chi connectivity index (χ3v) is 0. The molecule has 0 aliphatic heterocycles. The number of hydrogen-bond donors (Lipinski definition) is 3. The van der Waals surface area contributed by atoms with Crippen LogP contribution in [0.3, 0.4) is 0 Å². The van der Waals surface area contributed by atoms with Crippen molar-refractivity contribution in [1.82, 2.24) is 0 Å². The second-order valence-corrected chi connectivity index (χ2v) is 0.735. The Labute approximate surface area is 127 Å². The van der Waals surface area contributed by atoms with Gasteiger partial charge in [-0.05, 0) is 0 Å². The summed E-state index contributed by atoms with van der Waals surface area (Å²) in [5.41, 5.74) is 0. The minimum atomic E-state index is -0.833. The van der Waals surface area contributed by atoms with Gasteiger partial charge in [-0.25, -0.2) is 13.7 Å². The van der Waals surface area contributed by atoms with E-state index in [0.29, 0.717) is 0 Å². The zero-order valence-electron chi connectivity index (χ0n) is 5.62. The maximum atomic E-state index is 8.46. The van der Waals surface area contributed by atoms with Crippen molar-refractivity contribution in [3.63, 3.8) is 0 Å². The van der Waals surface area contributed by atoms with Crippen molar-refractivity contribution in [2.45, 2.75) is 0 Å². The molecule has 0 fully saturated rings. The van der Waals surface area contributed by atoms with Gasteiger partial charge in [0.05, 0.1) is 0 Å². The van der Waals surface area contributed by atoms with Crippen molar-refractivity contribution in [1.29, 1.82) is 0 Å². The van der Waals surface area contributed by atoms with Gasteiger partial charge in [0.2, 0.25) is 0 Å². The average molecular weight is 255 g/mol. The molecule has 0 aromatic heterocycles. The van der Waals surface area contributed by atoms with Crippen molar-refractivity contribution in [2.24, 2.45) is 0 Å². The van der Waals surface area contributed by atoms with E-state index in [1.807, 2.05) is 0 Å². The van der Waals surface area contributed by atoms with Gasteiger partial charge >= 0.3 is 100 Å². The fourth-order valence-electron chi connectivity index (χ4n) is 0. The topological polar surface area (TPSA) is 112 Å². The van der Waals surface area contributed by atoms with E-state index >= 15 is 0 Å². The monoisotopic (exact) mass is 255 g/mol. The fourth-order valence-corrected chi connectivity index (χ4v) is 0. The number of hydrogen-bond acceptors (Lipinski definition) is 3. The molecule has 0 amide bonds. The first kappa shape index (κ1) is 29.2. The van der Waals surface area contributed by atoms with E-state index in [2.05, 4.69) is 0 Å². The minimum Gasteiger partial charge on any atom is -0.310 e. The largest absolute Gasteiger partial charge is 2.00 e. The summed E-state index contributed by atoms with van der Waals surface area (Å²) >= 11 is 0. The molecule has 3 N–H and O–H groups in total. The first-order valence-corrected chi connectivity index (χ1v) is 3.44. The number of rotatable bonds is 0. The van der Waals surface area contributed by atoms with Crippen molar-refractivity contribution < 1.29 is 79.8 Å². The van der Waals surface area contributed by atoms with Gasteiger partial charge in [-0.1, -0.05) is 0 Å². The fraction of sp³-hybridized carbons (Fsp3) is 0. The van der Waals surface area contributed by atoms with E-state index in [0.717, 1.165) is 0 Å². The molecule has 54 valence electrons. The summed E-state index contributed by atoms with van der Waals surface area (Å²) < 4.78 is 25.4. The average Bonchev–Trinajstić information content (AvgIpc) is 1.70. The SMILES string of the molecule is O=PO.O=PO.O=PO.[K+].[Mg+2]. The molecule has 11 heavy (non-hydrogen) atoms. The van der Waals surface area contributed by atoms with Crippen molar-refractivity contribution in [3.8, 4) is 0 Å². The van der Waals surface area contributed by atoms with Crippen LogP contribution in [0, 0.1) is 0 Å². The second kappa shape index (κ2) is 54.2. The minimum absolute atomic E-state index is 0. The van der Waals surface area contributed by atoms with Crippen LogP contribution < -0.4 is 51.4 Å². The Kier molecular flexibility index (Phi) is 144.